The molecule has 1 aliphatic carbocycles. The molecule has 1 heterocycles. The molecule has 0 fully saturated rings. The van der Waals surface area contributed by atoms with E-state index in [1.807, 2.05) is 78.9 Å². The summed E-state index contributed by atoms with van der Waals surface area (Å²) in [6.45, 7) is 4.54. The number of fused-ring (bicyclic) bond motifs is 4. The summed E-state index contributed by atoms with van der Waals surface area (Å²) in [4.78, 5) is 0. The van der Waals surface area contributed by atoms with Crippen LogP contribution in [0.1, 0.15) is 28.7 Å². The maximum absolute atomic E-state index is 11.9. The van der Waals surface area contributed by atoms with E-state index in [1.54, 1.807) is 24.3 Å². The molecule has 0 radical (unpaired) electrons. The second-order valence-electron chi connectivity index (χ2n) is 11.9. The molecule has 6 aromatic carbocycles. The Balaban J connectivity index is 1.34. The van der Waals surface area contributed by atoms with Gasteiger partial charge in [-0.2, -0.15) is 0 Å². The molecule has 0 bridgehead atoms. The van der Waals surface area contributed by atoms with E-state index < -0.39 is 17.2 Å². The maximum Gasteiger partial charge on any atom is 0.201 e. The zero-order valence-electron chi connectivity index (χ0n) is 25.8. The van der Waals surface area contributed by atoms with Crippen molar-refractivity contribution in [2.24, 2.45) is 0 Å². The standard InChI is InChI=1S/C43H30O5/c1-25(28-20-21-35-33(22-28)34-23-29-16-8-9-17-30(29)24-36(34)48-35)31-18-10-11-19-32(31)37(26-12-4-2-5-13-26)39-40(44)38(27-14-6-3-7-15-27)41(45)43(47)42(39)46/h2-12,14-24,44-47H,1,13H2/b37-26+. The van der Waals surface area contributed by atoms with Crippen molar-refractivity contribution < 1.29 is 24.8 Å². The quantitative estimate of drug-likeness (QED) is 0.113. The number of phenols is 4. The lowest BCUT2D eigenvalue weighted by atomic mass is 9.82. The molecule has 8 rings (SSSR count). The Morgan fingerprint density at radius 2 is 1.29 bits per heavy atom. The summed E-state index contributed by atoms with van der Waals surface area (Å²) < 4.78 is 6.24. The Morgan fingerprint density at radius 3 is 2.04 bits per heavy atom. The minimum atomic E-state index is -0.712. The Hall–Kier alpha value is -6.46. The summed E-state index contributed by atoms with van der Waals surface area (Å²) in [7, 11) is 0. The summed E-state index contributed by atoms with van der Waals surface area (Å²) in [5, 5.41) is 49.5. The van der Waals surface area contributed by atoms with Crippen LogP contribution in [-0.4, -0.2) is 20.4 Å². The van der Waals surface area contributed by atoms with Crippen molar-refractivity contribution in [3.8, 4) is 34.1 Å². The third kappa shape index (κ3) is 4.64. The van der Waals surface area contributed by atoms with Crippen LogP contribution < -0.4 is 0 Å². The second-order valence-corrected chi connectivity index (χ2v) is 11.9. The SMILES string of the molecule is C=C(c1ccc2oc3cc4ccccc4cc3c2c1)c1ccccc1/C(=C1/C=CC=CC1)c1c(O)c(O)c(O)c(-c2ccccc2)c1O. The summed E-state index contributed by atoms with van der Waals surface area (Å²) in [6, 6.07) is 34.9. The average molecular weight is 627 g/mol. The molecule has 0 aliphatic heterocycles. The largest absolute Gasteiger partial charge is 0.506 e. The monoisotopic (exact) mass is 626 g/mol. The Kier molecular flexibility index (Phi) is 6.89. The molecule has 0 atom stereocenters. The van der Waals surface area contributed by atoms with Crippen molar-refractivity contribution in [1.82, 2.24) is 0 Å². The molecule has 232 valence electrons. The number of benzene rings is 6. The van der Waals surface area contributed by atoms with E-state index in [2.05, 4.69) is 36.9 Å². The van der Waals surface area contributed by atoms with Crippen LogP contribution in [0.2, 0.25) is 0 Å². The minimum absolute atomic E-state index is 0.0162. The highest BCUT2D eigenvalue weighted by atomic mass is 16.3. The van der Waals surface area contributed by atoms with E-state index in [0.717, 1.165) is 55.0 Å². The van der Waals surface area contributed by atoms with E-state index in [4.69, 9.17) is 4.42 Å². The van der Waals surface area contributed by atoms with Crippen LogP contribution in [0.3, 0.4) is 0 Å². The van der Waals surface area contributed by atoms with Crippen molar-refractivity contribution in [3.63, 3.8) is 0 Å². The number of furan rings is 1. The van der Waals surface area contributed by atoms with Gasteiger partial charge in [0.25, 0.3) is 0 Å². The summed E-state index contributed by atoms with van der Waals surface area (Å²) >= 11 is 0. The van der Waals surface area contributed by atoms with Gasteiger partial charge in [-0.05, 0) is 74.9 Å². The van der Waals surface area contributed by atoms with Crippen LogP contribution in [0.15, 0.2) is 150 Å². The van der Waals surface area contributed by atoms with Gasteiger partial charge in [-0.3, -0.25) is 0 Å². The fourth-order valence-electron chi connectivity index (χ4n) is 6.75. The van der Waals surface area contributed by atoms with E-state index in [-0.39, 0.29) is 16.9 Å². The summed E-state index contributed by atoms with van der Waals surface area (Å²) in [5.41, 5.74) is 6.48. The molecule has 5 nitrogen and oxygen atoms in total. The topological polar surface area (TPSA) is 94.1 Å². The number of phenolic OH excluding ortho intramolecular Hbond substituents is 4. The molecule has 48 heavy (non-hydrogen) atoms. The molecule has 5 heteroatoms. The molecule has 0 saturated heterocycles. The fourth-order valence-corrected chi connectivity index (χ4v) is 6.75. The first-order chi connectivity index (χ1) is 23.4. The van der Waals surface area contributed by atoms with Crippen LogP contribution in [0.4, 0.5) is 0 Å². The first-order valence-corrected chi connectivity index (χ1v) is 15.7. The van der Waals surface area contributed by atoms with Gasteiger partial charge in [0.1, 0.15) is 16.9 Å². The van der Waals surface area contributed by atoms with Gasteiger partial charge in [0, 0.05) is 16.3 Å². The van der Waals surface area contributed by atoms with Gasteiger partial charge in [-0.15, -0.1) is 0 Å². The van der Waals surface area contributed by atoms with Gasteiger partial charge >= 0.3 is 0 Å². The third-order valence-corrected chi connectivity index (χ3v) is 9.12. The van der Waals surface area contributed by atoms with Gasteiger partial charge in [-0.1, -0.05) is 116 Å². The van der Waals surface area contributed by atoms with Gasteiger partial charge in [0.15, 0.2) is 11.5 Å². The lowest BCUT2D eigenvalue weighted by molar-refractivity contribution is 0.361. The number of hydrogen-bond acceptors (Lipinski definition) is 5. The Bertz CT molecular complexity index is 2530. The average Bonchev–Trinajstić information content (AvgIpc) is 3.48. The minimum Gasteiger partial charge on any atom is -0.506 e. The zero-order valence-corrected chi connectivity index (χ0v) is 25.8. The first-order valence-electron chi connectivity index (χ1n) is 15.7. The lowest BCUT2D eigenvalue weighted by Gasteiger charge is -2.23. The highest BCUT2D eigenvalue weighted by molar-refractivity contribution is 6.11. The molecule has 0 saturated carbocycles. The van der Waals surface area contributed by atoms with E-state index in [9.17, 15) is 20.4 Å². The maximum atomic E-state index is 11.9. The molecular weight excluding hydrogens is 596 g/mol. The summed E-state index contributed by atoms with van der Waals surface area (Å²) in [6.07, 6.45) is 8.25. The van der Waals surface area contributed by atoms with Crippen LogP contribution in [0.25, 0.3) is 55.0 Å². The van der Waals surface area contributed by atoms with Crippen LogP contribution in [0.5, 0.6) is 23.0 Å². The summed E-state index contributed by atoms with van der Waals surface area (Å²) in [5.74, 6) is -2.28. The van der Waals surface area contributed by atoms with E-state index in [1.165, 1.54) is 0 Å². The van der Waals surface area contributed by atoms with Crippen LogP contribution >= 0.6 is 0 Å². The van der Waals surface area contributed by atoms with Crippen molar-refractivity contribution >= 4 is 43.9 Å². The molecule has 7 aromatic rings. The predicted molar refractivity (Wildman–Crippen MR) is 193 cm³/mol. The highest BCUT2D eigenvalue weighted by Gasteiger charge is 2.29. The fraction of sp³-hybridized carbons (Fsp3) is 0.0233. The van der Waals surface area contributed by atoms with E-state index in [0.29, 0.717) is 23.1 Å². The van der Waals surface area contributed by atoms with Gasteiger partial charge in [0.05, 0.1) is 11.1 Å². The van der Waals surface area contributed by atoms with Crippen LogP contribution in [0, 0.1) is 0 Å². The molecule has 1 aromatic heterocycles. The Labute approximate surface area is 276 Å². The van der Waals surface area contributed by atoms with Crippen molar-refractivity contribution in [2.45, 2.75) is 6.42 Å². The lowest BCUT2D eigenvalue weighted by Crippen LogP contribution is -2.01. The van der Waals surface area contributed by atoms with E-state index >= 15 is 0 Å². The molecule has 4 N–H and O–H groups in total. The molecule has 0 spiro atoms. The van der Waals surface area contributed by atoms with Crippen LogP contribution in [-0.2, 0) is 0 Å². The normalized spacial score (nSPS) is 13.8. The Morgan fingerprint density at radius 1 is 0.604 bits per heavy atom. The van der Waals surface area contributed by atoms with Crippen molar-refractivity contribution in [2.75, 3.05) is 0 Å². The number of aromatic hydroxyl groups is 4. The number of rotatable bonds is 5. The number of hydrogen-bond donors (Lipinski definition) is 4. The smallest absolute Gasteiger partial charge is 0.201 e. The molecule has 0 unspecified atom stereocenters. The van der Waals surface area contributed by atoms with Crippen molar-refractivity contribution in [1.29, 1.82) is 0 Å². The predicted octanol–water partition coefficient (Wildman–Crippen LogP) is 10.6. The van der Waals surface area contributed by atoms with Gasteiger partial charge in [0.2, 0.25) is 5.75 Å². The third-order valence-electron chi connectivity index (χ3n) is 9.12. The van der Waals surface area contributed by atoms with Gasteiger partial charge < -0.3 is 24.8 Å². The zero-order chi connectivity index (χ0) is 32.9. The molecule has 0 amide bonds. The van der Waals surface area contributed by atoms with Crippen molar-refractivity contribution in [3.05, 3.63) is 168 Å². The van der Waals surface area contributed by atoms with Gasteiger partial charge in [-0.25, -0.2) is 0 Å². The molecular formula is C43H30O5. The first kappa shape index (κ1) is 29.0. The highest BCUT2D eigenvalue weighted by Crippen LogP contribution is 2.55. The number of allylic oxidation sites excluding steroid dienone is 5. The molecule has 1 aliphatic rings. The second kappa shape index (κ2) is 11.4.